The smallest absolute Gasteiger partial charge is 0.344 e. The Labute approximate surface area is 205 Å². The van der Waals surface area contributed by atoms with Gasteiger partial charge in [-0.25, -0.2) is 4.79 Å². The van der Waals surface area contributed by atoms with E-state index < -0.39 is 36.1 Å². The van der Waals surface area contributed by atoms with Crippen LogP contribution in [0.3, 0.4) is 0 Å². The average Bonchev–Trinajstić information content (AvgIpc) is 3.17. The summed E-state index contributed by atoms with van der Waals surface area (Å²) in [5.74, 6) is 0.538. The maximum Gasteiger partial charge on any atom is 0.344 e. The second-order valence-corrected chi connectivity index (χ2v) is 8.86. The zero-order valence-electron chi connectivity index (χ0n) is 19.9. The zero-order chi connectivity index (χ0) is 25.9. The number of methoxy groups -OCH3 is 2. The minimum Gasteiger partial charge on any atom is -0.507 e. The fourth-order valence-corrected chi connectivity index (χ4v) is 5.06. The van der Waals surface area contributed by atoms with Crippen LogP contribution in [0.5, 0.6) is 17.2 Å². The van der Waals surface area contributed by atoms with Crippen molar-refractivity contribution < 1.29 is 39.1 Å². The van der Waals surface area contributed by atoms with Crippen LogP contribution >= 0.6 is 0 Å². The summed E-state index contributed by atoms with van der Waals surface area (Å²) in [5, 5.41) is 43.8. The monoisotopic (exact) mass is 494 g/mol. The quantitative estimate of drug-likeness (QED) is 0.244. The molecule has 3 aromatic carbocycles. The van der Waals surface area contributed by atoms with Gasteiger partial charge in [-0.3, -0.25) is 0 Å². The van der Waals surface area contributed by atoms with E-state index in [1.54, 1.807) is 24.3 Å². The van der Waals surface area contributed by atoms with Crippen LogP contribution in [0.25, 0.3) is 38.6 Å². The molecular weight excluding hydrogens is 468 g/mol. The summed E-state index contributed by atoms with van der Waals surface area (Å²) in [5.41, 5.74) is 0.475. The molecule has 0 saturated carbocycles. The summed E-state index contributed by atoms with van der Waals surface area (Å²) in [7, 11) is 2.92. The maximum atomic E-state index is 13.2. The number of benzene rings is 3. The van der Waals surface area contributed by atoms with Gasteiger partial charge in [-0.15, -0.1) is 0 Å². The van der Waals surface area contributed by atoms with E-state index in [1.807, 2.05) is 0 Å². The Morgan fingerprint density at radius 1 is 1.00 bits per heavy atom. The molecule has 0 bridgehead atoms. The normalized spacial score (nSPS) is 22.8. The second kappa shape index (κ2) is 8.79. The van der Waals surface area contributed by atoms with E-state index in [-0.39, 0.29) is 33.2 Å². The summed E-state index contributed by atoms with van der Waals surface area (Å²) in [6, 6.07) is 7.94. The molecule has 0 unspecified atom stereocenters. The molecule has 1 saturated heterocycles. The largest absolute Gasteiger partial charge is 0.507 e. The maximum absolute atomic E-state index is 13.2. The van der Waals surface area contributed by atoms with Crippen LogP contribution in [0.2, 0.25) is 0 Å². The molecule has 1 aliphatic heterocycles. The van der Waals surface area contributed by atoms with Gasteiger partial charge < -0.3 is 39.1 Å². The molecule has 4 aromatic rings. The van der Waals surface area contributed by atoms with Crippen molar-refractivity contribution in [2.45, 2.75) is 37.4 Å². The molecule has 0 radical (unpaired) electrons. The van der Waals surface area contributed by atoms with Gasteiger partial charge in [-0.1, -0.05) is 18.7 Å². The lowest BCUT2D eigenvalue weighted by Gasteiger charge is -2.20. The Kier molecular flexibility index (Phi) is 5.88. The van der Waals surface area contributed by atoms with Crippen LogP contribution in [0.1, 0.15) is 24.2 Å². The van der Waals surface area contributed by atoms with E-state index in [1.165, 1.54) is 33.3 Å². The molecule has 0 amide bonds. The number of rotatable bonds is 5. The van der Waals surface area contributed by atoms with Gasteiger partial charge in [0, 0.05) is 16.2 Å². The summed E-state index contributed by atoms with van der Waals surface area (Å²) < 4.78 is 22.9. The van der Waals surface area contributed by atoms with Crippen LogP contribution in [0.4, 0.5) is 0 Å². The number of aliphatic hydroxyl groups is 3. The SMILES string of the molecule is C=Cc1cc(OC)c2c(c1)c(=O)oc1c2cc(OC)c2c(O)ccc([C@@H]3O[C@@H]([C@H](C)O)[C@@H](O)[C@H]3O)c21. The minimum atomic E-state index is -1.39. The molecular formula is C27H26O9. The van der Waals surface area contributed by atoms with Crippen molar-refractivity contribution in [2.75, 3.05) is 14.2 Å². The third kappa shape index (κ3) is 3.43. The number of phenolic OH excluding ortho intramolecular Hbond substituents is 1. The van der Waals surface area contributed by atoms with Gasteiger partial charge in [0.1, 0.15) is 47.2 Å². The number of aromatic hydroxyl groups is 1. The lowest BCUT2D eigenvalue weighted by atomic mass is 9.92. The zero-order valence-corrected chi connectivity index (χ0v) is 19.9. The highest BCUT2D eigenvalue weighted by atomic mass is 16.6. The van der Waals surface area contributed by atoms with E-state index in [0.717, 1.165) is 0 Å². The average molecular weight is 494 g/mol. The predicted octanol–water partition coefficient (Wildman–Crippen LogP) is 3.01. The number of hydrogen-bond donors (Lipinski definition) is 4. The van der Waals surface area contributed by atoms with E-state index in [4.69, 9.17) is 18.6 Å². The number of aliphatic hydroxyl groups excluding tert-OH is 3. The van der Waals surface area contributed by atoms with Gasteiger partial charge in [0.15, 0.2) is 0 Å². The Morgan fingerprint density at radius 3 is 2.31 bits per heavy atom. The standard InChI is InChI=1S/C27H26O9/c1-5-12-8-15-19(17(9-12)33-3)14-10-18(34-4)21-16(29)7-6-13(20(21)25(14)36-27(15)32)26-23(31)22(30)24(35-26)11(2)28/h5-11,22-24,26,28-31H,1H2,2-4H3/t11-,22-,23+,24-,26-/m0/s1. The summed E-state index contributed by atoms with van der Waals surface area (Å²) in [6.45, 7) is 5.21. The van der Waals surface area contributed by atoms with Crippen molar-refractivity contribution in [2.24, 2.45) is 0 Å². The Morgan fingerprint density at radius 2 is 1.69 bits per heavy atom. The number of ether oxygens (including phenoxy) is 3. The topological polar surface area (TPSA) is 139 Å². The first-order chi connectivity index (χ1) is 17.2. The van der Waals surface area contributed by atoms with E-state index in [9.17, 15) is 25.2 Å². The lowest BCUT2D eigenvalue weighted by molar-refractivity contribution is -0.0586. The van der Waals surface area contributed by atoms with E-state index in [0.29, 0.717) is 27.6 Å². The molecule has 188 valence electrons. The fourth-order valence-electron chi connectivity index (χ4n) is 5.06. The van der Waals surface area contributed by atoms with Crippen molar-refractivity contribution in [3.05, 3.63) is 58.5 Å². The molecule has 0 aliphatic carbocycles. The first kappa shape index (κ1) is 24.1. The minimum absolute atomic E-state index is 0.115. The van der Waals surface area contributed by atoms with Crippen LogP contribution in [0.15, 0.2) is 46.1 Å². The van der Waals surface area contributed by atoms with Gasteiger partial charge in [0.05, 0.1) is 31.1 Å². The third-order valence-corrected chi connectivity index (χ3v) is 6.78. The highest BCUT2D eigenvalue weighted by Crippen LogP contribution is 2.47. The molecule has 2 heterocycles. The molecule has 9 nitrogen and oxygen atoms in total. The summed E-state index contributed by atoms with van der Waals surface area (Å²) >= 11 is 0. The predicted molar refractivity (Wildman–Crippen MR) is 134 cm³/mol. The summed E-state index contributed by atoms with van der Waals surface area (Å²) in [6.07, 6.45) is -4.36. The fraction of sp³-hybridized carbons (Fsp3) is 0.296. The Bertz CT molecular complexity index is 1570. The highest BCUT2D eigenvalue weighted by molar-refractivity contribution is 6.19. The van der Waals surface area contributed by atoms with Gasteiger partial charge in [-0.05, 0) is 42.3 Å². The first-order valence-corrected chi connectivity index (χ1v) is 11.3. The highest BCUT2D eigenvalue weighted by Gasteiger charge is 2.46. The number of hydrogen-bond acceptors (Lipinski definition) is 9. The van der Waals surface area contributed by atoms with Crippen LogP contribution in [0, 0.1) is 0 Å². The first-order valence-electron chi connectivity index (χ1n) is 11.3. The Balaban J connectivity index is 1.95. The van der Waals surface area contributed by atoms with Crippen molar-refractivity contribution in [3.63, 3.8) is 0 Å². The van der Waals surface area contributed by atoms with Gasteiger partial charge in [0.2, 0.25) is 0 Å². The molecule has 1 fully saturated rings. The van der Waals surface area contributed by atoms with Crippen LogP contribution in [-0.2, 0) is 4.74 Å². The third-order valence-electron chi connectivity index (χ3n) is 6.78. The number of phenols is 1. The van der Waals surface area contributed by atoms with Gasteiger partial charge in [-0.2, -0.15) is 0 Å². The molecule has 5 atom stereocenters. The second-order valence-electron chi connectivity index (χ2n) is 8.86. The van der Waals surface area contributed by atoms with Crippen molar-refractivity contribution in [3.8, 4) is 17.2 Å². The molecule has 5 rings (SSSR count). The van der Waals surface area contributed by atoms with Crippen LogP contribution in [-0.4, -0.2) is 59.1 Å². The van der Waals surface area contributed by atoms with Crippen molar-refractivity contribution in [1.82, 2.24) is 0 Å². The van der Waals surface area contributed by atoms with Crippen molar-refractivity contribution in [1.29, 1.82) is 0 Å². The molecule has 9 heteroatoms. The lowest BCUT2D eigenvalue weighted by Crippen LogP contribution is -2.36. The summed E-state index contributed by atoms with van der Waals surface area (Å²) in [4.78, 5) is 13.2. The van der Waals surface area contributed by atoms with Gasteiger partial charge >= 0.3 is 5.63 Å². The van der Waals surface area contributed by atoms with Crippen LogP contribution < -0.4 is 15.1 Å². The number of fused-ring (bicyclic) bond motifs is 5. The molecule has 36 heavy (non-hydrogen) atoms. The van der Waals surface area contributed by atoms with E-state index >= 15 is 0 Å². The van der Waals surface area contributed by atoms with E-state index in [2.05, 4.69) is 6.58 Å². The molecule has 0 spiro atoms. The van der Waals surface area contributed by atoms with Gasteiger partial charge in [0.25, 0.3) is 0 Å². The molecule has 1 aromatic heterocycles. The van der Waals surface area contributed by atoms with Crippen molar-refractivity contribution >= 4 is 38.6 Å². The molecule has 4 N–H and O–H groups in total. The molecule has 1 aliphatic rings. The Hall–Kier alpha value is -3.63.